The van der Waals surface area contributed by atoms with E-state index < -0.39 is 17.5 Å². The summed E-state index contributed by atoms with van der Waals surface area (Å²) in [6.45, 7) is 0. The average Bonchev–Trinajstić information content (AvgIpc) is 2.61. The van der Waals surface area contributed by atoms with Crippen LogP contribution in [0.15, 0.2) is 84.3 Å². The number of carbonyl (C=O) groups excluding carboxylic acids is 2. The summed E-state index contributed by atoms with van der Waals surface area (Å²) in [7, 11) is 0. The molecule has 0 radical (unpaired) electrons. The molecular formula is C20H14O4. The lowest BCUT2D eigenvalue weighted by molar-refractivity contribution is -0.141. The van der Waals surface area contributed by atoms with Crippen LogP contribution in [0.1, 0.15) is 11.1 Å². The zero-order chi connectivity index (χ0) is 16.9. The van der Waals surface area contributed by atoms with Crippen LogP contribution in [0.4, 0.5) is 0 Å². The number of allylic oxidation sites excluding steroid dienone is 3. The summed E-state index contributed by atoms with van der Waals surface area (Å²) in [6, 6.07) is 18.0. The second-order valence-corrected chi connectivity index (χ2v) is 5.11. The second-order valence-electron chi connectivity index (χ2n) is 5.11. The third kappa shape index (κ3) is 3.17. The van der Waals surface area contributed by atoms with Gasteiger partial charge >= 0.3 is 5.97 Å². The Bertz CT molecular complexity index is 859. The van der Waals surface area contributed by atoms with Crippen LogP contribution in [0.2, 0.25) is 0 Å². The van der Waals surface area contributed by atoms with Crippen LogP contribution >= 0.6 is 0 Å². The van der Waals surface area contributed by atoms with Gasteiger partial charge < -0.3 is 9.84 Å². The maximum Gasteiger partial charge on any atom is 0.379 e. The molecule has 0 bridgehead atoms. The van der Waals surface area contributed by atoms with Crippen molar-refractivity contribution in [3.05, 3.63) is 95.5 Å². The smallest absolute Gasteiger partial charge is 0.379 e. The Morgan fingerprint density at radius 1 is 0.875 bits per heavy atom. The predicted octanol–water partition coefficient (Wildman–Crippen LogP) is 3.68. The van der Waals surface area contributed by atoms with Crippen molar-refractivity contribution in [3.8, 4) is 0 Å². The Balaban J connectivity index is 1.92. The summed E-state index contributed by atoms with van der Waals surface area (Å²) < 4.78 is 4.91. The van der Waals surface area contributed by atoms with Gasteiger partial charge in [0.2, 0.25) is 11.5 Å². The molecule has 4 nitrogen and oxygen atoms in total. The van der Waals surface area contributed by atoms with E-state index in [4.69, 9.17) is 4.74 Å². The van der Waals surface area contributed by atoms with Gasteiger partial charge in [0.25, 0.3) is 0 Å². The molecule has 2 aromatic rings. The van der Waals surface area contributed by atoms with Gasteiger partial charge in [0.05, 0.1) is 5.57 Å². The molecule has 0 spiro atoms. The van der Waals surface area contributed by atoms with Crippen LogP contribution in [0.25, 0.3) is 11.6 Å². The van der Waals surface area contributed by atoms with Crippen molar-refractivity contribution in [2.24, 2.45) is 0 Å². The molecule has 0 aliphatic carbocycles. The molecule has 0 amide bonds. The first-order chi connectivity index (χ1) is 11.7. The number of benzene rings is 2. The third-order valence-electron chi connectivity index (χ3n) is 3.48. The molecule has 0 unspecified atom stereocenters. The quantitative estimate of drug-likeness (QED) is 0.692. The van der Waals surface area contributed by atoms with E-state index >= 15 is 0 Å². The highest BCUT2D eigenvalue weighted by Crippen LogP contribution is 2.28. The maximum atomic E-state index is 12.5. The number of esters is 1. The molecule has 1 heterocycles. The minimum absolute atomic E-state index is 0.0498. The highest BCUT2D eigenvalue weighted by Gasteiger charge is 2.33. The Morgan fingerprint density at radius 3 is 2.17 bits per heavy atom. The van der Waals surface area contributed by atoms with E-state index in [1.165, 1.54) is 6.08 Å². The second kappa shape index (κ2) is 6.79. The highest BCUT2D eigenvalue weighted by molar-refractivity contribution is 6.33. The predicted molar refractivity (Wildman–Crippen MR) is 90.6 cm³/mol. The number of aliphatic hydroxyl groups is 1. The number of ether oxygens (including phenoxy) is 1. The molecule has 2 aromatic carbocycles. The van der Waals surface area contributed by atoms with Crippen molar-refractivity contribution in [2.45, 2.75) is 0 Å². The van der Waals surface area contributed by atoms with E-state index in [0.717, 1.165) is 5.56 Å². The third-order valence-corrected chi connectivity index (χ3v) is 3.48. The molecule has 0 saturated heterocycles. The molecule has 0 saturated carbocycles. The Morgan fingerprint density at radius 2 is 1.50 bits per heavy atom. The standard InChI is InChI=1S/C20H14O4/c21-18-16(13-7-10-14-8-3-1-4-9-14)24-20(23)19(22)17(18)15-11-5-2-6-12-15/h1-13,22H. The minimum Gasteiger partial charge on any atom is -0.501 e. The molecule has 1 aliphatic rings. The average molecular weight is 318 g/mol. The summed E-state index contributed by atoms with van der Waals surface area (Å²) in [6.07, 6.45) is 4.83. The summed E-state index contributed by atoms with van der Waals surface area (Å²) in [5.41, 5.74) is 1.37. The number of ketones is 1. The van der Waals surface area contributed by atoms with E-state index in [-0.39, 0.29) is 11.3 Å². The first kappa shape index (κ1) is 15.5. The topological polar surface area (TPSA) is 63.6 Å². The molecule has 118 valence electrons. The number of aliphatic hydroxyl groups excluding tert-OH is 1. The van der Waals surface area contributed by atoms with Crippen molar-refractivity contribution in [2.75, 3.05) is 0 Å². The van der Waals surface area contributed by atoms with E-state index in [1.54, 1.807) is 42.5 Å². The number of carbonyl (C=O) groups is 2. The van der Waals surface area contributed by atoms with Gasteiger partial charge in [-0.2, -0.15) is 0 Å². The van der Waals surface area contributed by atoms with Crippen LogP contribution in [-0.4, -0.2) is 16.9 Å². The monoisotopic (exact) mass is 318 g/mol. The summed E-state index contributed by atoms with van der Waals surface area (Å²) >= 11 is 0. The van der Waals surface area contributed by atoms with Gasteiger partial charge in [-0.05, 0) is 17.2 Å². The molecule has 4 heteroatoms. The summed E-state index contributed by atoms with van der Waals surface area (Å²) in [4.78, 5) is 24.3. The number of hydrogen-bond acceptors (Lipinski definition) is 4. The number of rotatable bonds is 3. The molecule has 3 rings (SSSR count). The largest absolute Gasteiger partial charge is 0.501 e. The summed E-state index contributed by atoms with van der Waals surface area (Å²) in [5, 5.41) is 9.92. The number of hydrogen-bond donors (Lipinski definition) is 1. The summed E-state index contributed by atoms with van der Waals surface area (Å²) in [5.74, 6) is -2.26. The van der Waals surface area contributed by atoms with Gasteiger partial charge in [-0.15, -0.1) is 0 Å². The molecule has 1 N–H and O–H groups in total. The SMILES string of the molecule is O=C1OC(=CC=Cc2ccccc2)C(=O)C(c2ccccc2)=C1O. The van der Waals surface area contributed by atoms with Crippen LogP contribution in [0, 0.1) is 0 Å². The normalized spacial score (nSPS) is 16.8. The number of cyclic esters (lactones) is 1. The zero-order valence-corrected chi connectivity index (χ0v) is 12.7. The molecule has 0 atom stereocenters. The van der Waals surface area contributed by atoms with E-state index in [1.807, 2.05) is 30.3 Å². The molecule has 1 aliphatic heterocycles. The van der Waals surface area contributed by atoms with Gasteiger partial charge in [-0.25, -0.2) is 4.79 Å². The van der Waals surface area contributed by atoms with Gasteiger partial charge in [0.1, 0.15) is 0 Å². The van der Waals surface area contributed by atoms with E-state index in [9.17, 15) is 14.7 Å². The molecule has 24 heavy (non-hydrogen) atoms. The lowest BCUT2D eigenvalue weighted by Crippen LogP contribution is -2.23. The first-order valence-electron chi connectivity index (χ1n) is 7.36. The van der Waals surface area contributed by atoms with Crippen molar-refractivity contribution in [3.63, 3.8) is 0 Å². The van der Waals surface area contributed by atoms with Crippen molar-refractivity contribution in [1.82, 2.24) is 0 Å². The number of Topliss-reactive ketones (excluding diaryl/α,β-unsaturated/α-hetero) is 1. The van der Waals surface area contributed by atoms with Gasteiger partial charge in [0.15, 0.2) is 5.76 Å². The van der Waals surface area contributed by atoms with Gasteiger partial charge in [-0.1, -0.05) is 72.8 Å². The first-order valence-corrected chi connectivity index (χ1v) is 7.36. The fourth-order valence-corrected chi connectivity index (χ4v) is 2.32. The van der Waals surface area contributed by atoms with Crippen molar-refractivity contribution >= 4 is 23.4 Å². The van der Waals surface area contributed by atoms with Crippen LogP contribution < -0.4 is 0 Å². The fraction of sp³-hybridized carbons (Fsp3) is 0. The highest BCUT2D eigenvalue weighted by atomic mass is 16.6. The van der Waals surface area contributed by atoms with Gasteiger partial charge in [0, 0.05) is 0 Å². The Labute approximate surface area is 139 Å². The Kier molecular flexibility index (Phi) is 4.38. The van der Waals surface area contributed by atoms with Crippen LogP contribution in [0.5, 0.6) is 0 Å². The maximum absolute atomic E-state index is 12.5. The van der Waals surface area contributed by atoms with Crippen molar-refractivity contribution in [1.29, 1.82) is 0 Å². The van der Waals surface area contributed by atoms with Gasteiger partial charge in [-0.3, -0.25) is 4.79 Å². The zero-order valence-electron chi connectivity index (χ0n) is 12.7. The van der Waals surface area contributed by atoms with Crippen LogP contribution in [0.3, 0.4) is 0 Å². The van der Waals surface area contributed by atoms with E-state index in [2.05, 4.69) is 0 Å². The lowest BCUT2D eigenvalue weighted by Gasteiger charge is -2.17. The minimum atomic E-state index is -0.937. The lowest BCUT2D eigenvalue weighted by atomic mass is 9.97. The molecular weight excluding hydrogens is 304 g/mol. The molecule has 0 fully saturated rings. The van der Waals surface area contributed by atoms with Crippen LogP contribution in [-0.2, 0) is 14.3 Å². The fourth-order valence-electron chi connectivity index (χ4n) is 2.32. The van der Waals surface area contributed by atoms with E-state index in [0.29, 0.717) is 5.56 Å². The Hall–Kier alpha value is -3.40. The molecule has 0 aromatic heterocycles. The van der Waals surface area contributed by atoms with Crippen molar-refractivity contribution < 1.29 is 19.4 Å².